The molecule has 158 valence electrons. The number of carbonyl (C=O) groups excluding carboxylic acids is 2. The third-order valence-corrected chi connectivity index (χ3v) is 5.08. The largest absolute Gasteiger partial charge is 0.487 e. The molecule has 1 aromatic heterocycles. The highest BCUT2D eigenvalue weighted by atomic mass is 19.1. The van der Waals surface area contributed by atoms with Gasteiger partial charge in [-0.1, -0.05) is 6.07 Å². The van der Waals surface area contributed by atoms with Gasteiger partial charge in [0.2, 0.25) is 5.91 Å². The van der Waals surface area contributed by atoms with Crippen LogP contribution in [0.2, 0.25) is 0 Å². The van der Waals surface area contributed by atoms with Gasteiger partial charge in [0.25, 0.3) is 0 Å². The Labute approximate surface area is 178 Å². The van der Waals surface area contributed by atoms with E-state index in [2.05, 4.69) is 10.3 Å². The van der Waals surface area contributed by atoms with E-state index in [0.717, 1.165) is 5.56 Å². The number of ketones is 1. The molecular weight excluding hydrogens is 402 g/mol. The number of pyridine rings is 1. The summed E-state index contributed by atoms with van der Waals surface area (Å²) >= 11 is 0. The van der Waals surface area contributed by atoms with Crippen molar-refractivity contribution in [1.82, 2.24) is 10.3 Å². The van der Waals surface area contributed by atoms with Crippen molar-refractivity contribution in [3.63, 3.8) is 0 Å². The fourth-order valence-electron chi connectivity index (χ4n) is 3.54. The molecule has 1 amide bonds. The molecule has 0 aliphatic carbocycles. The Hall–Kier alpha value is -3.61. The summed E-state index contributed by atoms with van der Waals surface area (Å²) in [4.78, 5) is 28.5. The van der Waals surface area contributed by atoms with Crippen molar-refractivity contribution >= 4 is 11.7 Å². The molecular formula is C24H20F2N2O3. The maximum Gasteiger partial charge on any atom is 0.220 e. The molecule has 1 aliphatic heterocycles. The van der Waals surface area contributed by atoms with Gasteiger partial charge in [-0.3, -0.25) is 14.6 Å². The molecule has 0 bridgehead atoms. The number of benzene rings is 2. The number of hydrogen-bond acceptors (Lipinski definition) is 4. The van der Waals surface area contributed by atoms with Crippen LogP contribution in [0.25, 0.3) is 11.3 Å². The number of ether oxygens (including phenoxy) is 1. The topological polar surface area (TPSA) is 68.3 Å². The van der Waals surface area contributed by atoms with Crippen LogP contribution in [-0.2, 0) is 11.2 Å². The molecule has 31 heavy (non-hydrogen) atoms. The van der Waals surface area contributed by atoms with Crippen LogP contribution in [0.1, 0.15) is 28.8 Å². The lowest BCUT2D eigenvalue weighted by atomic mass is 10.0. The first-order valence-electron chi connectivity index (χ1n) is 9.95. The number of amides is 1. The molecule has 1 N–H and O–H groups in total. The van der Waals surface area contributed by atoms with E-state index in [1.165, 1.54) is 36.4 Å². The number of aromatic nitrogens is 1. The summed E-state index contributed by atoms with van der Waals surface area (Å²) in [5, 5.41) is 2.76. The minimum atomic E-state index is -0.419. The van der Waals surface area contributed by atoms with Crippen LogP contribution in [0.5, 0.6) is 5.75 Å². The number of carbonyl (C=O) groups is 2. The Bertz CT molecular complexity index is 1100. The molecule has 0 fully saturated rings. The van der Waals surface area contributed by atoms with Crippen molar-refractivity contribution in [3.05, 3.63) is 83.6 Å². The monoisotopic (exact) mass is 422 g/mol. The van der Waals surface area contributed by atoms with E-state index in [1.807, 2.05) is 6.07 Å². The van der Waals surface area contributed by atoms with Crippen LogP contribution in [0.15, 0.2) is 60.8 Å². The second-order valence-electron chi connectivity index (χ2n) is 7.33. The number of hydrogen-bond donors (Lipinski definition) is 1. The summed E-state index contributed by atoms with van der Waals surface area (Å²) in [6, 6.07) is 13.4. The number of fused-ring (bicyclic) bond motifs is 1. The Morgan fingerprint density at radius 3 is 2.58 bits per heavy atom. The molecule has 5 nitrogen and oxygen atoms in total. The van der Waals surface area contributed by atoms with Gasteiger partial charge in [0.05, 0.1) is 12.2 Å². The second kappa shape index (κ2) is 9.04. The second-order valence-corrected chi connectivity index (χ2v) is 7.33. The molecule has 0 radical (unpaired) electrons. The first-order valence-corrected chi connectivity index (χ1v) is 9.95. The van der Waals surface area contributed by atoms with Crippen molar-refractivity contribution in [2.24, 2.45) is 0 Å². The van der Waals surface area contributed by atoms with E-state index < -0.39 is 5.82 Å². The highest BCUT2D eigenvalue weighted by Crippen LogP contribution is 2.38. The van der Waals surface area contributed by atoms with Crippen LogP contribution < -0.4 is 10.1 Å². The van der Waals surface area contributed by atoms with Gasteiger partial charge in [-0.15, -0.1) is 0 Å². The van der Waals surface area contributed by atoms with Crippen LogP contribution in [0, 0.1) is 11.6 Å². The predicted molar refractivity (Wildman–Crippen MR) is 111 cm³/mol. The number of Topliss-reactive ketones (excluding diaryl/α,β-unsaturated/α-hetero) is 1. The lowest BCUT2D eigenvalue weighted by Gasteiger charge is -2.13. The number of rotatable bonds is 7. The predicted octanol–water partition coefficient (Wildman–Crippen LogP) is 4.11. The van der Waals surface area contributed by atoms with Gasteiger partial charge in [-0.25, -0.2) is 8.78 Å². The summed E-state index contributed by atoms with van der Waals surface area (Å²) in [5.74, 6) is -0.725. The van der Waals surface area contributed by atoms with Gasteiger partial charge in [0.1, 0.15) is 23.5 Å². The first-order chi connectivity index (χ1) is 15.0. The Morgan fingerprint density at radius 1 is 1.03 bits per heavy atom. The lowest BCUT2D eigenvalue weighted by Crippen LogP contribution is -2.34. The van der Waals surface area contributed by atoms with Gasteiger partial charge in [0, 0.05) is 42.1 Å². The standard InChI is InChI=1S/C24H20F2N2O3/c25-17-6-4-15(5-7-17)22(29)8-9-23(30)28-14-19-12-16-11-18(26)13-20(24(16)31-19)21-3-1-2-10-27-21/h1-7,10-11,13,19H,8-9,12,14H2,(H,28,30)/t19-/m0/s1. The molecule has 2 heterocycles. The normalized spacial score (nSPS) is 14.6. The minimum absolute atomic E-state index is 0.0176. The molecule has 0 saturated heterocycles. The van der Waals surface area contributed by atoms with Crippen molar-refractivity contribution in [2.45, 2.75) is 25.4 Å². The maximum absolute atomic E-state index is 14.1. The zero-order valence-corrected chi connectivity index (χ0v) is 16.6. The van der Waals surface area contributed by atoms with Crippen LogP contribution in [0.3, 0.4) is 0 Å². The Kier molecular flexibility index (Phi) is 6.02. The Balaban J connectivity index is 1.32. The molecule has 0 unspecified atom stereocenters. The highest BCUT2D eigenvalue weighted by Gasteiger charge is 2.27. The maximum atomic E-state index is 14.1. The highest BCUT2D eigenvalue weighted by molar-refractivity contribution is 5.97. The zero-order valence-electron chi connectivity index (χ0n) is 16.6. The quantitative estimate of drug-likeness (QED) is 0.582. The zero-order chi connectivity index (χ0) is 21.8. The molecule has 1 aliphatic rings. The van der Waals surface area contributed by atoms with E-state index in [-0.39, 0.29) is 43.0 Å². The van der Waals surface area contributed by atoms with Gasteiger partial charge in [-0.05, 0) is 48.5 Å². The summed E-state index contributed by atoms with van der Waals surface area (Å²) in [6.07, 6.45) is 1.80. The number of halogens is 2. The van der Waals surface area contributed by atoms with Gasteiger partial charge in [-0.2, -0.15) is 0 Å². The van der Waals surface area contributed by atoms with Crippen LogP contribution in [-0.4, -0.2) is 29.3 Å². The third-order valence-electron chi connectivity index (χ3n) is 5.08. The molecule has 2 aromatic carbocycles. The molecule has 7 heteroatoms. The van der Waals surface area contributed by atoms with Crippen molar-refractivity contribution in [1.29, 1.82) is 0 Å². The minimum Gasteiger partial charge on any atom is -0.487 e. The summed E-state index contributed by atoms with van der Waals surface area (Å²) in [6.45, 7) is 0.238. The summed E-state index contributed by atoms with van der Waals surface area (Å²) in [7, 11) is 0. The molecule has 1 atom stereocenters. The third kappa shape index (κ3) is 4.94. The van der Waals surface area contributed by atoms with E-state index >= 15 is 0 Å². The first kappa shape index (κ1) is 20.7. The smallest absolute Gasteiger partial charge is 0.220 e. The van der Waals surface area contributed by atoms with E-state index in [9.17, 15) is 18.4 Å². The summed E-state index contributed by atoms with van der Waals surface area (Å²) < 4.78 is 33.0. The fourth-order valence-corrected chi connectivity index (χ4v) is 3.54. The number of nitrogens with zero attached hydrogens (tertiary/aromatic N) is 1. The van der Waals surface area contributed by atoms with Crippen LogP contribution in [0.4, 0.5) is 8.78 Å². The fraction of sp³-hybridized carbons (Fsp3) is 0.208. The van der Waals surface area contributed by atoms with Gasteiger partial charge < -0.3 is 10.1 Å². The Morgan fingerprint density at radius 2 is 1.84 bits per heavy atom. The van der Waals surface area contributed by atoms with Gasteiger partial charge in [0.15, 0.2) is 5.78 Å². The average Bonchev–Trinajstić information content (AvgIpc) is 3.19. The molecule has 0 spiro atoms. The van der Waals surface area contributed by atoms with Crippen molar-refractivity contribution in [2.75, 3.05) is 6.54 Å². The molecule has 3 aromatic rings. The van der Waals surface area contributed by atoms with E-state index in [0.29, 0.717) is 29.0 Å². The SMILES string of the molecule is O=C(CCC(=O)c1ccc(F)cc1)NC[C@@H]1Cc2cc(F)cc(-c3ccccn3)c2O1. The van der Waals surface area contributed by atoms with E-state index in [4.69, 9.17) is 4.74 Å². The van der Waals surface area contributed by atoms with Crippen molar-refractivity contribution in [3.8, 4) is 17.0 Å². The van der Waals surface area contributed by atoms with E-state index in [1.54, 1.807) is 18.3 Å². The van der Waals surface area contributed by atoms with Crippen LogP contribution >= 0.6 is 0 Å². The lowest BCUT2D eigenvalue weighted by molar-refractivity contribution is -0.121. The summed E-state index contributed by atoms with van der Waals surface area (Å²) in [5.41, 5.74) is 2.29. The molecule has 4 rings (SSSR count). The number of nitrogens with one attached hydrogen (secondary N) is 1. The molecule has 0 saturated carbocycles. The van der Waals surface area contributed by atoms with Crippen molar-refractivity contribution < 1.29 is 23.1 Å². The van der Waals surface area contributed by atoms with Gasteiger partial charge >= 0.3 is 0 Å². The average molecular weight is 422 g/mol.